The molecule has 1 saturated carbocycles. The molecule has 1 saturated heterocycles. The summed E-state index contributed by atoms with van der Waals surface area (Å²) in [6, 6.07) is 0. The molecule has 2 aliphatic carbocycles. The maximum Gasteiger partial charge on any atom is 0.233 e. The topological polar surface area (TPSA) is 29.5 Å². The van der Waals surface area contributed by atoms with Crippen LogP contribution in [0.5, 0.6) is 0 Å². The van der Waals surface area contributed by atoms with Crippen LogP contribution < -0.4 is 0 Å². The van der Waals surface area contributed by atoms with Crippen molar-refractivity contribution in [1.29, 1.82) is 0 Å². The zero-order valence-corrected chi connectivity index (χ0v) is 13.8. The molecule has 0 bridgehead atoms. The van der Waals surface area contributed by atoms with E-state index in [1.165, 1.54) is 18.5 Å². The van der Waals surface area contributed by atoms with Crippen molar-refractivity contribution in [1.82, 2.24) is 4.90 Å². The number of amides is 1. The monoisotopic (exact) mass is 339 g/mol. The number of allylic oxidation sites excluding steroid dienone is 4. The Labute approximate surface area is 129 Å². The third-order valence-corrected chi connectivity index (χ3v) is 5.13. The molecule has 1 aliphatic heterocycles. The molecule has 1 heterocycles. The van der Waals surface area contributed by atoms with Gasteiger partial charge in [0.15, 0.2) is 0 Å². The number of rotatable bonds is 5. The maximum absolute atomic E-state index is 12.6. The first-order valence-corrected chi connectivity index (χ1v) is 8.30. The Morgan fingerprint density at radius 2 is 2.20 bits per heavy atom. The predicted octanol–water partition coefficient (Wildman–Crippen LogP) is 3.61. The lowest BCUT2D eigenvalue weighted by atomic mass is 9.77. The number of fused-ring (bicyclic) bond motifs is 1. The molecule has 1 atom stereocenters. The molecule has 1 unspecified atom stereocenters. The van der Waals surface area contributed by atoms with E-state index in [-0.39, 0.29) is 11.3 Å². The summed E-state index contributed by atoms with van der Waals surface area (Å²) in [5.41, 5.74) is 0.897. The number of likely N-dealkylation sites (tertiary alicyclic amines) is 1. The Hall–Kier alpha value is -0.610. The van der Waals surface area contributed by atoms with Gasteiger partial charge in [-0.25, -0.2) is 0 Å². The van der Waals surface area contributed by atoms with Crippen molar-refractivity contribution in [2.45, 2.75) is 45.6 Å². The van der Waals surface area contributed by atoms with Gasteiger partial charge < -0.3 is 9.64 Å². The molecular weight excluding hydrogens is 318 g/mol. The Kier molecular flexibility index (Phi) is 3.80. The highest BCUT2D eigenvalue weighted by atomic mass is 79.9. The summed E-state index contributed by atoms with van der Waals surface area (Å²) in [6.45, 7) is 5.69. The van der Waals surface area contributed by atoms with Gasteiger partial charge >= 0.3 is 0 Å². The Morgan fingerprint density at radius 1 is 1.45 bits per heavy atom. The van der Waals surface area contributed by atoms with Crippen LogP contribution in [-0.2, 0) is 9.53 Å². The number of halogens is 1. The van der Waals surface area contributed by atoms with E-state index in [4.69, 9.17) is 4.74 Å². The second kappa shape index (κ2) is 5.30. The lowest BCUT2D eigenvalue weighted by Gasteiger charge is -2.24. The number of carbonyl (C=O) groups is 1. The molecule has 3 rings (SSSR count). The second-order valence-electron chi connectivity index (χ2n) is 6.55. The SMILES string of the molecule is CC1(C)C(=O)N(CCCOC2CC2)C2=CC(Br)=CCC21. The fourth-order valence-corrected chi connectivity index (χ4v) is 3.56. The minimum absolute atomic E-state index is 0.260. The van der Waals surface area contributed by atoms with Crippen LogP contribution >= 0.6 is 15.9 Å². The molecule has 0 aromatic rings. The van der Waals surface area contributed by atoms with E-state index in [1.54, 1.807) is 0 Å². The number of carbonyl (C=O) groups excluding carboxylic acids is 1. The van der Waals surface area contributed by atoms with Crippen LogP contribution in [0.15, 0.2) is 22.3 Å². The molecule has 2 fully saturated rings. The van der Waals surface area contributed by atoms with Crippen LogP contribution in [0.4, 0.5) is 0 Å². The Morgan fingerprint density at radius 3 is 2.90 bits per heavy atom. The molecule has 0 aromatic heterocycles. The first-order chi connectivity index (χ1) is 9.50. The van der Waals surface area contributed by atoms with Gasteiger partial charge in [-0.1, -0.05) is 35.9 Å². The van der Waals surface area contributed by atoms with E-state index in [9.17, 15) is 4.79 Å². The normalized spacial score (nSPS) is 28.2. The molecule has 20 heavy (non-hydrogen) atoms. The molecule has 1 amide bonds. The van der Waals surface area contributed by atoms with Crippen molar-refractivity contribution in [3.63, 3.8) is 0 Å². The van der Waals surface area contributed by atoms with Crippen LogP contribution in [0, 0.1) is 11.3 Å². The molecule has 3 nitrogen and oxygen atoms in total. The van der Waals surface area contributed by atoms with Crippen molar-refractivity contribution >= 4 is 21.8 Å². The van der Waals surface area contributed by atoms with Crippen molar-refractivity contribution in [3.8, 4) is 0 Å². The Balaban J connectivity index is 1.67. The first-order valence-electron chi connectivity index (χ1n) is 7.51. The summed E-state index contributed by atoms with van der Waals surface area (Å²) in [4.78, 5) is 14.6. The van der Waals surface area contributed by atoms with E-state index in [0.29, 0.717) is 12.0 Å². The standard InChI is InChI=1S/C16H22BrNO2/c1-16(2)13-7-4-11(17)10-14(13)18(15(16)19)8-3-9-20-12-5-6-12/h4,10,12-13H,3,5-9H2,1-2H3. The molecule has 0 N–H and O–H groups in total. The van der Waals surface area contributed by atoms with Crippen LogP contribution in [0.2, 0.25) is 0 Å². The smallest absolute Gasteiger partial charge is 0.233 e. The number of hydrogen-bond acceptors (Lipinski definition) is 2. The highest BCUT2D eigenvalue weighted by Crippen LogP contribution is 2.48. The molecule has 0 radical (unpaired) electrons. The predicted molar refractivity (Wildman–Crippen MR) is 82.3 cm³/mol. The number of ether oxygens (including phenoxy) is 1. The molecule has 110 valence electrons. The van der Waals surface area contributed by atoms with Crippen LogP contribution in [0.3, 0.4) is 0 Å². The third kappa shape index (κ3) is 2.60. The van der Waals surface area contributed by atoms with Crippen molar-refractivity contribution < 1.29 is 9.53 Å². The lowest BCUT2D eigenvalue weighted by Crippen LogP contribution is -2.32. The highest BCUT2D eigenvalue weighted by molar-refractivity contribution is 9.11. The zero-order valence-electron chi connectivity index (χ0n) is 12.2. The first kappa shape index (κ1) is 14.3. The van der Waals surface area contributed by atoms with Gasteiger partial charge in [0.25, 0.3) is 0 Å². The van der Waals surface area contributed by atoms with Gasteiger partial charge in [0.05, 0.1) is 11.5 Å². The minimum atomic E-state index is -0.284. The second-order valence-corrected chi connectivity index (χ2v) is 7.46. The summed E-state index contributed by atoms with van der Waals surface area (Å²) >= 11 is 3.54. The van der Waals surface area contributed by atoms with Gasteiger partial charge in [-0.05, 0) is 31.8 Å². The van der Waals surface area contributed by atoms with E-state index in [1.807, 2.05) is 4.90 Å². The summed E-state index contributed by atoms with van der Waals surface area (Å²) < 4.78 is 6.77. The van der Waals surface area contributed by atoms with Crippen molar-refractivity contribution in [2.75, 3.05) is 13.2 Å². The minimum Gasteiger partial charge on any atom is -0.378 e. The van der Waals surface area contributed by atoms with Gasteiger partial charge in [0.2, 0.25) is 5.91 Å². The number of nitrogens with zero attached hydrogens (tertiary/aromatic N) is 1. The van der Waals surface area contributed by atoms with E-state index >= 15 is 0 Å². The van der Waals surface area contributed by atoms with Gasteiger partial charge in [-0.2, -0.15) is 0 Å². The fourth-order valence-electron chi connectivity index (χ4n) is 3.13. The van der Waals surface area contributed by atoms with Gasteiger partial charge in [0.1, 0.15) is 0 Å². The van der Waals surface area contributed by atoms with Gasteiger partial charge in [0, 0.05) is 29.2 Å². The molecule has 3 aliphatic rings. The quantitative estimate of drug-likeness (QED) is 0.716. The summed E-state index contributed by atoms with van der Waals surface area (Å²) in [5.74, 6) is 0.580. The molecular formula is C16H22BrNO2. The van der Waals surface area contributed by atoms with Crippen molar-refractivity contribution in [2.24, 2.45) is 11.3 Å². The van der Waals surface area contributed by atoms with Crippen LogP contribution in [-0.4, -0.2) is 30.1 Å². The summed E-state index contributed by atoms with van der Waals surface area (Å²) in [6.07, 6.45) is 9.07. The van der Waals surface area contributed by atoms with Crippen LogP contribution in [0.25, 0.3) is 0 Å². The van der Waals surface area contributed by atoms with Crippen LogP contribution in [0.1, 0.15) is 39.5 Å². The average molecular weight is 340 g/mol. The van der Waals surface area contributed by atoms with E-state index < -0.39 is 0 Å². The van der Waals surface area contributed by atoms with Gasteiger partial charge in [-0.3, -0.25) is 4.79 Å². The third-order valence-electron chi connectivity index (χ3n) is 4.57. The lowest BCUT2D eigenvalue weighted by molar-refractivity contribution is -0.134. The van der Waals surface area contributed by atoms with E-state index in [2.05, 4.69) is 41.9 Å². The van der Waals surface area contributed by atoms with Crippen molar-refractivity contribution in [3.05, 3.63) is 22.3 Å². The maximum atomic E-state index is 12.6. The largest absolute Gasteiger partial charge is 0.378 e. The van der Waals surface area contributed by atoms with E-state index in [0.717, 1.165) is 30.5 Å². The van der Waals surface area contributed by atoms with Gasteiger partial charge in [-0.15, -0.1) is 0 Å². The Bertz CT molecular complexity index is 477. The molecule has 0 spiro atoms. The summed E-state index contributed by atoms with van der Waals surface area (Å²) in [5, 5.41) is 0. The number of hydrogen-bond donors (Lipinski definition) is 0. The summed E-state index contributed by atoms with van der Waals surface area (Å²) in [7, 11) is 0. The molecule has 0 aromatic carbocycles. The molecule has 4 heteroatoms. The fraction of sp³-hybridized carbons (Fsp3) is 0.688. The zero-order chi connectivity index (χ0) is 14.3. The average Bonchev–Trinajstić information content (AvgIpc) is 3.19. The highest BCUT2D eigenvalue weighted by Gasteiger charge is 2.50.